The molecular formula is C17H27N3O2. The second-order valence-corrected chi connectivity index (χ2v) is 6.13. The van der Waals surface area contributed by atoms with Gasteiger partial charge in [-0.15, -0.1) is 0 Å². The van der Waals surface area contributed by atoms with Gasteiger partial charge in [-0.05, 0) is 51.1 Å². The molecule has 122 valence electrons. The molecule has 0 saturated carbocycles. The van der Waals surface area contributed by atoms with Crippen LogP contribution in [0.2, 0.25) is 0 Å². The van der Waals surface area contributed by atoms with Crippen LogP contribution in [0.4, 0.5) is 0 Å². The normalized spacial score (nSPS) is 17.9. The molecule has 5 nitrogen and oxygen atoms in total. The first kappa shape index (κ1) is 16.9. The molecule has 1 saturated heterocycles. The molecule has 1 atom stereocenters. The van der Waals surface area contributed by atoms with E-state index in [0.717, 1.165) is 51.1 Å². The van der Waals surface area contributed by atoms with Crippen molar-refractivity contribution in [1.82, 2.24) is 14.8 Å². The van der Waals surface area contributed by atoms with Gasteiger partial charge in [-0.25, -0.2) is 0 Å². The van der Waals surface area contributed by atoms with Crippen molar-refractivity contribution in [2.45, 2.75) is 31.8 Å². The molecule has 22 heavy (non-hydrogen) atoms. The van der Waals surface area contributed by atoms with Gasteiger partial charge in [-0.1, -0.05) is 0 Å². The fourth-order valence-electron chi connectivity index (χ4n) is 2.63. The van der Waals surface area contributed by atoms with E-state index in [4.69, 9.17) is 4.74 Å². The monoisotopic (exact) mass is 305 g/mol. The highest BCUT2D eigenvalue weighted by molar-refractivity contribution is 5.76. The molecule has 2 heterocycles. The van der Waals surface area contributed by atoms with Crippen molar-refractivity contribution in [3.05, 3.63) is 30.1 Å². The number of aromatic nitrogens is 1. The van der Waals surface area contributed by atoms with Gasteiger partial charge in [0, 0.05) is 45.1 Å². The van der Waals surface area contributed by atoms with E-state index in [1.807, 2.05) is 31.1 Å². The van der Waals surface area contributed by atoms with Crippen LogP contribution in [0.15, 0.2) is 24.5 Å². The number of hydrogen-bond donors (Lipinski definition) is 0. The molecule has 0 unspecified atom stereocenters. The summed E-state index contributed by atoms with van der Waals surface area (Å²) in [6.45, 7) is 3.20. The molecule has 2 rings (SSSR count). The SMILES string of the molecule is CN(C)CCN(C[C@H]1CCCO1)C(=O)CCc1ccncc1. The van der Waals surface area contributed by atoms with Crippen LogP contribution in [0.3, 0.4) is 0 Å². The lowest BCUT2D eigenvalue weighted by molar-refractivity contribution is -0.132. The number of nitrogens with zero attached hydrogens (tertiary/aromatic N) is 3. The Morgan fingerprint density at radius 1 is 1.32 bits per heavy atom. The second-order valence-electron chi connectivity index (χ2n) is 6.13. The fourth-order valence-corrected chi connectivity index (χ4v) is 2.63. The van der Waals surface area contributed by atoms with E-state index < -0.39 is 0 Å². The van der Waals surface area contributed by atoms with E-state index in [1.165, 1.54) is 0 Å². The molecule has 1 aromatic rings. The summed E-state index contributed by atoms with van der Waals surface area (Å²) >= 11 is 0. The largest absolute Gasteiger partial charge is 0.376 e. The van der Waals surface area contributed by atoms with Gasteiger partial charge < -0.3 is 14.5 Å². The van der Waals surface area contributed by atoms with Gasteiger partial charge in [-0.2, -0.15) is 0 Å². The molecule has 0 aromatic carbocycles. The lowest BCUT2D eigenvalue weighted by atomic mass is 10.1. The van der Waals surface area contributed by atoms with Gasteiger partial charge >= 0.3 is 0 Å². The van der Waals surface area contributed by atoms with E-state index in [1.54, 1.807) is 12.4 Å². The summed E-state index contributed by atoms with van der Waals surface area (Å²) in [4.78, 5) is 20.6. The first-order valence-electron chi connectivity index (χ1n) is 8.08. The molecule has 0 bridgehead atoms. The Morgan fingerprint density at radius 2 is 2.09 bits per heavy atom. The maximum absolute atomic E-state index is 12.6. The third-order valence-corrected chi connectivity index (χ3v) is 3.99. The highest BCUT2D eigenvalue weighted by Gasteiger charge is 2.22. The third-order valence-electron chi connectivity index (χ3n) is 3.99. The lowest BCUT2D eigenvalue weighted by Gasteiger charge is -2.27. The maximum Gasteiger partial charge on any atom is 0.223 e. The van der Waals surface area contributed by atoms with Gasteiger partial charge in [0.25, 0.3) is 0 Å². The van der Waals surface area contributed by atoms with E-state index in [0.29, 0.717) is 6.42 Å². The van der Waals surface area contributed by atoms with Crippen LogP contribution in [0.5, 0.6) is 0 Å². The van der Waals surface area contributed by atoms with Crippen LogP contribution in [0.1, 0.15) is 24.8 Å². The number of carbonyl (C=O) groups is 1. The number of ether oxygens (including phenoxy) is 1. The number of hydrogen-bond acceptors (Lipinski definition) is 4. The fraction of sp³-hybridized carbons (Fsp3) is 0.647. The maximum atomic E-state index is 12.6. The topological polar surface area (TPSA) is 45.7 Å². The van der Waals surface area contributed by atoms with Crippen molar-refractivity contribution in [2.75, 3.05) is 40.3 Å². The van der Waals surface area contributed by atoms with E-state index in [9.17, 15) is 4.79 Å². The smallest absolute Gasteiger partial charge is 0.223 e. The number of amides is 1. The predicted octanol–water partition coefficient (Wildman–Crippen LogP) is 1.58. The highest BCUT2D eigenvalue weighted by Crippen LogP contribution is 2.14. The first-order chi connectivity index (χ1) is 10.6. The average molecular weight is 305 g/mol. The van der Waals surface area contributed by atoms with Crippen LogP contribution in [0.25, 0.3) is 0 Å². The third kappa shape index (κ3) is 5.73. The van der Waals surface area contributed by atoms with E-state index in [-0.39, 0.29) is 12.0 Å². The molecule has 0 aliphatic carbocycles. The summed E-state index contributed by atoms with van der Waals surface area (Å²) in [6.07, 6.45) is 7.25. The first-order valence-corrected chi connectivity index (χ1v) is 8.08. The van der Waals surface area contributed by atoms with Crippen molar-refractivity contribution in [3.8, 4) is 0 Å². The number of likely N-dealkylation sites (N-methyl/N-ethyl adjacent to an activating group) is 1. The van der Waals surface area contributed by atoms with E-state index >= 15 is 0 Å². The zero-order chi connectivity index (χ0) is 15.8. The minimum Gasteiger partial charge on any atom is -0.376 e. The Morgan fingerprint density at radius 3 is 2.73 bits per heavy atom. The molecule has 0 radical (unpaired) electrons. The Balaban J connectivity index is 1.86. The molecule has 1 fully saturated rings. The van der Waals surface area contributed by atoms with Crippen LogP contribution >= 0.6 is 0 Å². The number of carbonyl (C=O) groups excluding carboxylic acids is 1. The average Bonchev–Trinajstić information content (AvgIpc) is 3.03. The molecule has 1 aromatic heterocycles. The summed E-state index contributed by atoms with van der Waals surface area (Å²) < 4.78 is 5.69. The summed E-state index contributed by atoms with van der Waals surface area (Å²) in [7, 11) is 4.07. The Hall–Kier alpha value is -1.46. The Kier molecular flexibility index (Phi) is 6.80. The standard InChI is InChI=1S/C17H27N3O2/c1-19(2)11-12-20(14-16-4-3-13-22-16)17(21)6-5-15-7-9-18-10-8-15/h7-10,16H,3-6,11-14H2,1-2H3/t16-/m1/s1. The van der Waals surface area contributed by atoms with Gasteiger partial charge in [0.05, 0.1) is 6.10 Å². The minimum absolute atomic E-state index is 0.215. The summed E-state index contributed by atoms with van der Waals surface area (Å²) in [5.74, 6) is 0.217. The molecule has 1 aliphatic heterocycles. The van der Waals surface area contributed by atoms with Crippen LogP contribution in [-0.2, 0) is 16.0 Å². The predicted molar refractivity (Wildman–Crippen MR) is 86.7 cm³/mol. The highest BCUT2D eigenvalue weighted by atomic mass is 16.5. The van der Waals surface area contributed by atoms with Crippen molar-refractivity contribution in [2.24, 2.45) is 0 Å². The molecule has 5 heteroatoms. The quantitative estimate of drug-likeness (QED) is 0.731. The Labute approximate surface area is 133 Å². The zero-order valence-corrected chi connectivity index (χ0v) is 13.7. The zero-order valence-electron chi connectivity index (χ0n) is 13.7. The summed E-state index contributed by atoms with van der Waals surface area (Å²) in [5, 5.41) is 0. The number of rotatable bonds is 8. The number of aryl methyl sites for hydroxylation is 1. The molecule has 1 amide bonds. The van der Waals surface area contributed by atoms with Crippen LogP contribution < -0.4 is 0 Å². The van der Waals surface area contributed by atoms with Crippen molar-refractivity contribution in [3.63, 3.8) is 0 Å². The van der Waals surface area contributed by atoms with Crippen molar-refractivity contribution in [1.29, 1.82) is 0 Å². The molecule has 0 spiro atoms. The van der Waals surface area contributed by atoms with Gasteiger partial charge in [0.1, 0.15) is 0 Å². The lowest BCUT2D eigenvalue weighted by Crippen LogP contribution is -2.41. The Bertz CT molecular complexity index is 444. The van der Waals surface area contributed by atoms with Gasteiger partial charge in [0.15, 0.2) is 0 Å². The minimum atomic E-state index is 0.215. The molecule has 1 aliphatic rings. The summed E-state index contributed by atoms with van der Waals surface area (Å²) in [5.41, 5.74) is 1.16. The van der Waals surface area contributed by atoms with Gasteiger partial charge in [-0.3, -0.25) is 9.78 Å². The van der Waals surface area contributed by atoms with Crippen LogP contribution in [0, 0.1) is 0 Å². The molecule has 0 N–H and O–H groups in total. The number of pyridine rings is 1. The summed E-state index contributed by atoms with van der Waals surface area (Å²) in [6, 6.07) is 3.94. The second kappa shape index (κ2) is 8.86. The van der Waals surface area contributed by atoms with E-state index in [2.05, 4.69) is 9.88 Å². The van der Waals surface area contributed by atoms with Crippen molar-refractivity contribution < 1.29 is 9.53 Å². The van der Waals surface area contributed by atoms with Crippen LogP contribution in [-0.4, -0.2) is 67.1 Å². The van der Waals surface area contributed by atoms with Crippen molar-refractivity contribution >= 4 is 5.91 Å². The molecular weight excluding hydrogens is 278 g/mol. The van der Waals surface area contributed by atoms with Gasteiger partial charge in [0.2, 0.25) is 5.91 Å².